The fourth-order valence-electron chi connectivity index (χ4n) is 3.25. The molecule has 144 valence electrons. The second-order valence-corrected chi connectivity index (χ2v) is 6.20. The molecule has 0 amide bonds. The van der Waals surface area contributed by atoms with E-state index >= 15 is 0 Å². The number of imidazole rings is 1. The van der Waals surface area contributed by atoms with Crippen LogP contribution in [0.4, 0.5) is 22.0 Å². The van der Waals surface area contributed by atoms with E-state index in [9.17, 15) is 22.0 Å². The van der Waals surface area contributed by atoms with E-state index in [-0.39, 0.29) is 30.1 Å². The van der Waals surface area contributed by atoms with Gasteiger partial charge in [0.2, 0.25) is 0 Å². The Balaban J connectivity index is 2.05. The predicted octanol–water partition coefficient (Wildman–Crippen LogP) is 3.98. The van der Waals surface area contributed by atoms with Gasteiger partial charge in [-0.2, -0.15) is 13.2 Å². The monoisotopic (exact) mass is 392 g/mol. The maximum absolute atomic E-state index is 14.4. The molecule has 3 aromatic rings. The zero-order valence-corrected chi connectivity index (χ0v) is 14.3. The van der Waals surface area contributed by atoms with Crippen LogP contribution >= 0.6 is 0 Å². The topological polar surface area (TPSA) is 56.2 Å². The summed E-state index contributed by atoms with van der Waals surface area (Å²) in [5.74, 6) is -1.42. The lowest BCUT2D eigenvalue weighted by Crippen LogP contribution is -2.15. The number of nitrogens with zero attached hydrogens (tertiary/aromatic N) is 3. The van der Waals surface area contributed by atoms with Crippen molar-refractivity contribution < 1.29 is 22.0 Å². The van der Waals surface area contributed by atoms with Gasteiger partial charge in [0.15, 0.2) is 0 Å². The number of nitrogens with two attached hydrogens (primary N) is 1. The minimum atomic E-state index is -4.63. The van der Waals surface area contributed by atoms with Crippen molar-refractivity contribution in [3.8, 4) is 5.69 Å². The zero-order chi connectivity index (χ0) is 20.1. The fourth-order valence-corrected chi connectivity index (χ4v) is 3.25. The molecule has 4 nitrogen and oxygen atoms in total. The van der Waals surface area contributed by atoms with Gasteiger partial charge in [-0.15, -0.1) is 0 Å². The van der Waals surface area contributed by atoms with Gasteiger partial charge in [-0.1, -0.05) is 6.07 Å². The Morgan fingerprint density at radius 1 is 1.07 bits per heavy atom. The minimum Gasteiger partial charge on any atom is -0.325 e. The SMILES string of the molecule is NCc1cnc2n1-c1ccc(C(F)(F)F)cc1C(c1c(F)cccc1F)=NC2. The van der Waals surface area contributed by atoms with Crippen LogP contribution in [0.1, 0.15) is 28.2 Å². The molecule has 28 heavy (non-hydrogen) atoms. The van der Waals surface area contributed by atoms with E-state index in [1.54, 1.807) is 4.57 Å². The van der Waals surface area contributed by atoms with Crippen LogP contribution in [0.3, 0.4) is 0 Å². The van der Waals surface area contributed by atoms with Crippen LogP contribution in [0.15, 0.2) is 47.6 Å². The Morgan fingerprint density at radius 2 is 1.79 bits per heavy atom. The summed E-state index contributed by atoms with van der Waals surface area (Å²) in [5, 5.41) is 0. The van der Waals surface area contributed by atoms with Crippen molar-refractivity contribution in [2.75, 3.05) is 0 Å². The average molecular weight is 392 g/mol. The maximum Gasteiger partial charge on any atom is 0.416 e. The van der Waals surface area contributed by atoms with Crippen molar-refractivity contribution in [3.63, 3.8) is 0 Å². The molecule has 0 unspecified atom stereocenters. The smallest absolute Gasteiger partial charge is 0.325 e. The third kappa shape index (κ3) is 2.88. The molecule has 1 aliphatic rings. The first-order chi connectivity index (χ1) is 13.3. The highest BCUT2D eigenvalue weighted by Gasteiger charge is 2.33. The molecular weight excluding hydrogens is 379 g/mol. The first-order valence-electron chi connectivity index (χ1n) is 8.27. The molecule has 0 saturated heterocycles. The van der Waals surface area contributed by atoms with Gasteiger partial charge in [-0.05, 0) is 30.3 Å². The van der Waals surface area contributed by atoms with Crippen LogP contribution < -0.4 is 5.73 Å². The van der Waals surface area contributed by atoms with Gasteiger partial charge in [0, 0.05) is 12.1 Å². The number of fused-ring (bicyclic) bond motifs is 3. The second-order valence-electron chi connectivity index (χ2n) is 6.20. The molecule has 2 heterocycles. The lowest BCUT2D eigenvalue weighted by atomic mass is 9.97. The van der Waals surface area contributed by atoms with Crippen LogP contribution in [0, 0.1) is 11.6 Å². The standard InChI is InChI=1S/C19H13F5N4/c20-13-2-1-3-14(21)17(13)18-12-6-10(19(22,23)24)4-5-15(12)28-11(7-25)8-26-16(28)9-27-18/h1-6,8H,7,9,25H2. The Hall–Kier alpha value is -3.07. The normalized spacial score (nSPS) is 13.6. The van der Waals surface area contributed by atoms with Gasteiger partial charge < -0.3 is 5.73 Å². The third-order valence-electron chi connectivity index (χ3n) is 4.52. The molecule has 0 fully saturated rings. The number of alkyl halides is 3. The molecule has 2 N–H and O–H groups in total. The largest absolute Gasteiger partial charge is 0.416 e. The molecule has 4 rings (SSSR count). The van der Waals surface area contributed by atoms with Crippen molar-refractivity contribution in [3.05, 3.63) is 82.4 Å². The number of halogens is 5. The highest BCUT2D eigenvalue weighted by molar-refractivity contribution is 6.15. The minimum absolute atomic E-state index is 0.0507. The van der Waals surface area contributed by atoms with Crippen molar-refractivity contribution in [1.29, 1.82) is 0 Å². The van der Waals surface area contributed by atoms with Crippen molar-refractivity contribution in [2.45, 2.75) is 19.3 Å². The molecule has 0 atom stereocenters. The Morgan fingerprint density at radius 3 is 2.43 bits per heavy atom. The van der Waals surface area contributed by atoms with E-state index in [0.717, 1.165) is 24.3 Å². The van der Waals surface area contributed by atoms with Crippen molar-refractivity contribution in [2.24, 2.45) is 10.7 Å². The second kappa shape index (κ2) is 6.52. The van der Waals surface area contributed by atoms with E-state index in [2.05, 4.69) is 9.98 Å². The van der Waals surface area contributed by atoms with Gasteiger partial charge in [-0.25, -0.2) is 13.8 Å². The Kier molecular flexibility index (Phi) is 4.26. The molecular formula is C19H13F5N4. The van der Waals surface area contributed by atoms with E-state index in [1.807, 2.05) is 0 Å². The summed E-state index contributed by atoms with van der Waals surface area (Å²) in [4.78, 5) is 8.41. The van der Waals surface area contributed by atoms with Gasteiger partial charge >= 0.3 is 6.18 Å². The number of aliphatic imine (C=N–C) groups is 1. The van der Waals surface area contributed by atoms with E-state index in [1.165, 1.54) is 18.3 Å². The number of hydrogen-bond acceptors (Lipinski definition) is 3. The number of benzene rings is 2. The van der Waals surface area contributed by atoms with Crippen LogP contribution in [-0.4, -0.2) is 15.3 Å². The first kappa shape index (κ1) is 18.3. The van der Waals surface area contributed by atoms with Crippen LogP contribution in [0.5, 0.6) is 0 Å². The molecule has 0 saturated carbocycles. The van der Waals surface area contributed by atoms with Gasteiger partial charge in [0.25, 0.3) is 0 Å². The van der Waals surface area contributed by atoms with Crippen molar-refractivity contribution in [1.82, 2.24) is 9.55 Å². The molecule has 0 spiro atoms. The number of hydrogen-bond donors (Lipinski definition) is 1. The fraction of sp³-hybridized carbons (Fsp3) is 0.158. The molecule has 0 aliphatic carbocycles. The molecule has 1 aromatic heterocycles. The van der Waals surface area contributed by atoms with Crippen LogP contribution in [-0.2, 0) is 19.3 Å². The predicted molar refractivity (Wildman–Crippen MR) is 92.2 cm³/mol. The molecule has 9 heteroatoms. The molecule has 2 aromatic carbocycles. The lowest BCUT2D eigenvalue weighted by molar-refractivity contribution is -0.137. The molecule has 0 bridgehead atoms. The highest BCUT2D eigenvalue weighted by Crippen LogP contribution is 2.35. The van der Waals surface area contributed by atoms with Gasteiger partial charge in [-0.3, -0.25) is 9.56 Å². The summed E-state index contributed by atoms with van der Waals surface area (Å²) in [7, 11) is 0. The Labute approximate surface area is 156 Å². The molecule has 1 aliphatic heterocycles. The quantitative estimate of drug-likeness (QED) is 0.671. The average Bonchev–Trinajstić information content (AvgIpc) is 2.98. The van der Waals surface area contributed by atoms with Crippen LogP contribution in [0.25, 0.3) is 5.69 Å². The summed E-state index contributed by atoms with van der Waals surface area (Å²) in [6.07, 6.45) is -3.13. The summed E-state index contributed by atoms with van der Waals surface area (Å²) in [5.41, 5.74) is 4.85. The molecule has 0 radical (unpaired) electrons. The summed E-state index contributed by atoms with van der Waals surface area (Å²) >= 11 is 0. The summed E-state index contributed by atoms with van der Waals surface area (Å²) in [6, 6.07) is 6.23. The van der Waals surface area contributed by atoms with Crippen molar-refractivity contribution >= 4 is 5.71 Å². The number of aromatic nitrogens is 2. The Bertz CT molecular complexity index is 1080. The maximum atomic E-state index is 14.4. The van der Waals surface area contributed by atoms with Crippen LogP contribution in [0.2, 0.25) is 0 Å². The third-order valence-corrected chi connectivity index (χ3v) is 4.52. The van der Waals surface area contributed by atoms with Gasteiger partial charge in [0.05, 0.1) is 41.0 Å². The summed E-state index contributed by atoms with van der Waals surface area (Å²) in [6.45, 7) is 0.00991. The van der Waals surface area contributed by atoms with Gasteiger partial charge in [0.1, 0.15) is 17.5 Å². The number of rotatable bonds is 2. The van der Waals surface area contributed by atoms with E-state index in [4.69, 9.17) is 5.73 Å². The summed E-state index contributed by atoms with van der Waals surface area (Å²) < 4.78 is 70.3. The lowest BCUT2D eigenvalue weighted by Gasteiger charge is -2.17. The van der Waals surface area contributed by atoms with E-state index < -0.39 is 28.9 Å². The highest BCUT2D eigenvalue weighted by atomic mass is 19.4. The zero-order valence-electron chi connectivity index (χ0n) is 14.3. The van der Waals surface area contributed by atoms with E-state index in [0.29, 0.717) is 11.5 Å². The first-order valence-corrected chi connectivity index (χ1v) is 8.27.